The van der Waals surface area contributed by atoms with Crippen molar-refractivity contribution in [2.24, 2.45) is 0 Å². The van der Waals surface area contributed by atoms with E-state index in [0.717, 1.165) is 14.2 Å². The van der Waals surface area contributed by atoms with E-state index in [4.69, 9.17) is 4.52 Å². The Bertz CT molecular complexity index is 925. The van der Waals surface area contributed by atoms with Crippen LogP contribution in [0.4, 0.5) is 5.82 Å². The molecule has 138 valence electrons. The predicted molar refractivity (Wildman–Crippen MR) is 92.2 cm³/mol. The molecular weight excluding hydrogens is 360 g/mol. The fraction of sp³-hybridized carbons (Fsp3) is 0.312. The van der Waals surface area contributed by atoms with Crippen LogP contribution in [0.15, 0.2) is 40.9 Å². The summed E-state index contributed by atoms with van der Waals surface area (Å²) in [4.78, 5) is 24.9. The first-order chi connectivity index (χ1) is 12.3. The van der Waals surface area contributed by atoms with Gasteiger partial charge in [-0.3, -0.25) is 9.59 Å². The number of Topliss-reactive ketones (excluding diaryl/α,β-unsaturated/α-hetero) is 1. The van der Waals surface area contributed by atoms with Gasteiger partial charge in [0.05, 0.1) is 6.54 Å². The van der Waals surface area contributed by atoms with Crippen LogP contribution in [0.1, 0.15) is 11.3 Å². The number of likely N-dealkylation sites (N-methyl/N-ethyl adjacent to an activating group) is 1. The molecule has 1 aliphatic heterocycles. The number of carbonyl (C=O) groups is 2. The molecule has 1 N–H and O–H groups in total. The van der Waals surface area contributed by atoms with E-state index < -0.39 is 27.9 Å². The van der Waals surface area contributed by atoms with Crippen molar-refractivity contribution in [1.29, 1.82) is 0 Å². The van der Waals surface area contributed by atoms with Crippen LogP contribution >= 0.6 is 0 Å². The number of nitrogens with zero attached hydrogens (tertiary/aromatic N) is 3. The Balaban J connectivity index is 1.79. The summed E-state index contributed by atoms with van der Waals surface area (Å²) in [7, 11) is -2.76. The van der Waals surface area contributed by atoms with Crippen molar-refractivity contribution >= 4 is 27.7 Å². The number of hydrogen-bond acceptors (Lipinski definition) is 6. The minimum atomic E-state index is -3.97. The van der Waals surface area contributed by atoms with Crippen molar-refractivity contribution in [3.05, 3.63) is 47.7 Å². The van der Waals surface area contributed by atoms with E-state index in [1.54, 1.807) is 31.2 Å². The van der Waals surface area contributed by atoms with Crippen LogP contribution in [0, 0.1) is 6.92 Å². The van der Waals surface area contributed by atoms with E-state index in [2.05, 4.69) is 10.5 Å². The SMILES string of the molecule is Cc1cc(NC(=O)C2C(=O)CN(Cc3ccccc3)S(=O)(=O)N2C)no1. The largest absolute Gasteiger partial charge is 0.360 e. The Morgan fingerprint density at radius 1 is 1.35 bits per heavy atom. The standard InChI is InChI=1S/C16H18N4O5S/c1-11-8-14(18-25-11)17-16(22)15-13(21)10-20(26(23,24)19(15)2)9-12-6-4-3-5-7-12/h3-8,15H,9-10H2,1-2H3,(H,17,18,22). The van der Waals surface area contributed by atoms with E-state index in [0.29, 0.717) is 5.76 Å². The fourth-order valence-corrected chi connectivity index (χ4v) is 4.16. The molecule has 1 aromatic heterocycles. The smallest absolute Gasteiger partial charge is 0.283 e. The Hall–Kier alpha value is -2.56. The third kappa shape index (κ3) is 3.52. The van der Waals surface area contributed by atoms with Crippen LogP contribution in [0.5, 0.6) is 0 Å². The van der Waals surface area contributed by atoms with Crippen LogP contribution in [0.25, 0.3) is 0 Å². The Kier molecular flexibility index (Phi) is 4.90. The summed E-state index contributed by atoms with van der Waals surface area (Å²) in [5.74, 6) is -0.687. The lowest BCUT2D eigenvalue weighted by molar-refractivity contribution is -0.132. The highest BCUT2D eigenvalue weighted by Crippen LogP contribution is 2.21. The number of aryl methyl sites for hydroxylation is 1. The minimum absolute atomic E-state index is 0.0517. The number of nitrogens with one attached hydrogen (secondary N) is 1. The molecule has 2 heterocycles. The summed E-state index contributed by atoms with van der Waals surface area (Å²) in [6, 6.07) is 8.95. The zero-order chi connectivity index (χ0) is 18.9. The molecule has 1 aliphatic rings. The number of anilines is 1. The van der Waals surface area contributed by atoms with Gasteiger partial charge in [-0.25, -0.2) is 0 Å². The molecule has 26 heavy (non-hydrogen) atoms. The molecule has 1 fully saturated rings. The minimum Gasteiger partial charge on any atom is -0.360 e. The van der Waals surface area contributed by atoms with Gasteiger partial charge in [-0.2, -0.15) is 17.0 Å². The van der Waals surface area contributed by atoms with Crippen LogP contribution in [-0.2, 0) is 26.3 Å². The lowest BCUT2D eigenvalue weighted by Crippen LogP contribution is -2.61. The monoisotopic (exact) mass is 378 g/mol. The fourth-order valence-electron chi connectivity index (χ4n) is 2.72. The molecule has 9 nitrogen and oxygen atoms in total. The number of benzene rings is 1. The molecule has 0 radical (unpaired) electrons. The Morgan fingerprint density at radius 3 is 2.65 bits per heavy atom. The summed E-state index contributed by atoms with van der Waals surface area (Å²) >= 11 is 0. The molecule has 1 aromatic carbocycles. The van der Waals surface area contributed by atoms with E-state index in [1.165, 1.54) is 13.1 Å². The topological polar surface area (TPSA) is 113 Å². The molecule has 3 rings (SSSR count). The first-order valence-electron chi connectivity index (χ1n) is 7.83. The van der Waals surface area contributed by atoms with Gasteiger partial charge < -0.3 is 9.84 Å². The van der Waals surface area contributed by atoms with Gasteiger partial charge in [-0.15, -0.1) is 0 Å². The van der Waals surface area contributed by atoms with E-state index >= 15 is 0 Å². The van der Waals surface area contributed by atoms with E-state index in [1.807, 2.05) is 6.07 Å². The lowest BCUT2D eigenvalue weighted by Gasteiger charge is -2.36. The second-order valence-electron chi connectivity index (χ2n) is 5.96. The predicted octanol–water partition coefficient (Wildman–Crippen LogP) is 0.552. The number of hydrogen-bond donors (Lipinski definition) is 1. The lowest BCUT2D eigenvalue weighted by atomic mass is 10.1. The second-order valence-corrected chi connectivity index (χ2v) is 7.95. The van der Waals surface area contributed by atoms with Gasteiger partial charge in [0.25, 0.3) is 16.1 Å². The van der Waals surface area contributed by atoms with Gasteiger partial charge in [0.15, 0.2) is 17.6 Å². The summed E-state index contributed by atoms with van der Waals surface area (Å²) in [5, 5.41) is 6.02. The molecule has 0 saturated carbocycles. The van der Waals surface area contributed by atoms with Crippen LogP contribution in [0.3, 0.4) is 0 Å². The van der Waals surface area contributed by atoms with Crippen LogP contribution < -0.4 is 5.32 Å². The van der Waals surface area contributed by atoms with Crippen molar-refractivity contribution in [1.82, 2.24) is 13.8 Å². The summed E-state index contributed by atoms with van der Waals surface area (Å²) in [6.07, 6.45) is 0. The molecule has 1 unspecified atom stereocenters. The molecule has 2 aromatic rings. The Labute approximate surface area is 150 Å². The zero-order valence-corrected chi connectivity index (χ0v) is 15.1. The molecule has 1 amide bonds. The highest BCUT2D eigenvalue weighted by atomic mass is 32.2. The molecule has 1 saturated heterocycles. The van der Waals surface area contributed by atoms with Gasteiger partial charge in [0, 0.05) is 19.7 Å². The van der Waals surface area contributed by atoms with Crippen LogP contribution in [0.2, 0.25) is 0 Å². The molecular formula is C16H18N4O5S. The Morgan fingerprint density at radius 2 is 2.04 bits per heavy atom. The molecule has 0 bridgehead atoms. The van der Waals surface area contributed by atoms with Gasteiger partial charge in [-0.05, 0) is 12.5 Å². The van der Waals surface area contributed by atoms with Crippen molar-refractivity contribution < 1.29 is 22.5 Å². The van der Waals surface area contributed by atoms with E-state index in [-0.39, 0.29) is 18.9 Å². The number of ketones is 1. The van der Waals surface area contributed by atoms with Gasteiger partial charge >= 0.3 is 0 Å². The van der Waals surface area contributed by atoms with Crippen molar-refractivity contribution in [2.45, 2.75) is 19.5 Å². The van der Waals surface area contributed by atoms with Crippen LogP contribution in [-0.4, -0.2) is 53.5 Å². The van der Waals surface area contributed by atoms with Crippen molar-refractivity contribution in [3.8, 4) is 0 Å². The number of carbonyl (C=O) groups excluding carboxylic acids is 2. The summed E-state index contributed by atoms with van der Waals surface area (Å²) < 4.78 is 32.1. The third-order valence-corrected chi connectivity index (χ3v) is 5.87. The summed E-state index contributed by atoms with van der Waals surface area (Å²) in [5.41, 5.74) is 0.748. The van der Waals surface area contributed by atoms with Crippen molar-refractivity contribution in [3.63, 3.8) is 0 Å². The average molecular weight is 378 g/mol. The number of amides is 1. The molecule has 10 heteroatoms. The average Bonchev–Trinajstić information content (AvgIpc) is 2.99. The van der Waals surface area contributed by atoms with Gasteiger partial charge in [0.1, 0.15) is 5.76 Å². The molecule has 1 atom stereocenters. The molecule has 0 spiro atoms. The maximum atomic E-state index is 12.7. The third-order valence-electron chi connectivity index (χ3n) is 4.02. The van der Waals surface area contributed by atoms with Crippen molar-refractivity contribution in [2.75, 3.05) is 18.9 Å². The van der Waals surface area contributed by atoms with Gasteiger partial charge in [-0.1, -0.05) is 35.5 Å². The number of rotatable bonds is 4. The first-order valence-corrected chi connectivity index (χ1v) is 9.22. The van der Waals surface area contributed by atoms with E-state index in [9.17, 15) is 18.0 Å². The zero-order valence-electron chi connectivity index (χ0n) is 14.2. The highest BCUT2D eigenvalue weighted by Gasteiger charge is 2.46. The second kappa shape index (κ2) is 6.98. The highest BCUT2D eigenvalue weighted by molar-refractivity contribution is 7.86. The first kappa shape index (κ1) is 18.2. The molecule has 0 aliphatic carbocycles. The maximum absolute atomic E-state index is 12.7. The normalized spacial score (nSPS) is 20.8. The summed E-state index contributed by atoms with van der Waals surface area (Å²) in [6.45, 7) is 1.32. The van der Waals surface area contributed by atoms with Gasteiger partial charge in [0.2, 0.25) is 0 Å². The quantitative estimate of drug-likeness (QED) is 0.778. The number of aromatic nitrogens is 1. The maximum Gasteiger partial charge on any atom is 0.283 e.